The smallest absolute Gasteiger partial charge is 0.317 e. The van der Waals surface area contributed by atoms with Crippen LogP contribution in [-0.2, 0) is 0 Å². The molecular weight excluding hydrogens is 320 g/mol. The Labute approximate surface area is 149 Å². The van der Waals surface area contributed by atoms with Crippen molar-refractivity contribution in [1.29, 1.82) is 0 Å². The first-order chi connectivity index (χ1) is 11.6. The van der Waals surface area contributed by atoms with Crippen LogP contribution in [0, 0.1) is 0 Å². The van der Waals surface area contributed by atoms with Crippen LogP contribution < -0.4 is 5.32 Å². The number of nitrogens with zero attached hydrogens (tertiary/aromatic N) is 3. The van der Waals surface area contributed by atoms with Crippen LogP contribution in [0.5, 0.6) is 0 Å². The van der Waals surface area contributed by atoms with Gasteiger partial charge in [0.05, 0.1) is 5.69 Å². The number of nitrogens with one attached hydrogen (secondary N) is 1. The molecule has 1 aromatic heterocycles. The Kier molecular flexibility index (Phi) is 5.66. The number of hydrogen-bond donors (Lipinski definition) is 1. The Balaban J connectivity index is 1.45. The fourth-order valence-corrected chi connectivity index (χ4v) is 4.72. The Morgan fingerprint density at radius 1 is 1.38 bits per heavy atom. The highest BCUT2D eigenvalue weighted by molar-refractivity contribution is 8.00. The maximum atomic E-state index is 12.4. The van der Waals surface area contributed by atoms with E-state index in [0.29, 0.717) is 6.04 Å². The average molecular weight is 349 g/mol. The van der Waals surface area contributed by atoms with E-state index in [9.17, 15) is 4.79 Å². The van der Waals surface area contributed by atoms with Gasteiger partial charge in [-0.25, -0.2) is 4.79 Å². The Bertz CT molecular complexity index is 539. The maximum Gasteiger partial charge on any atom is 0.317 e. The Morgan fingerprint density at radius 2 is 2.17 bits per heavy atom. The van der Waals surface area contributed by atoms with Crippen LogP contribution in [0.25, 0.3) is 0 Å². The molecule has 0 spiro atoms. The highest BCUT2D eigenvalue weighted by atomic mass is 32.2. The summed E-state index contributed by atoms with van der Waals surface area (Å²) in [4.78, 5) is 21.2. The predicted molar refractivity (Wildman–Crippen MR) is 99.3 cm³/mol. The number of pyridine rings is 1. The van der Waals surface area contributed by atoms with Gasteiger partial charge in [-0.15, -0.1) is 0 Å². The van der Waals surface area contributed by atoms with E-state index >= 15 is 0 Å². The average Bonchev–Trinajstić information content (AvgIpc) is 3.07. The molecule has 5 nitrogen and oxygen atoms in total. The van der Waals surface area contributed by atoms with Gasteiger partial charge in [0, 0.05) is 49.7 Å². The Morgan fingerprint density at radius 3 is 2.79 bits per heavy atom. The first-order valence-electron chi connectivity index (χ1n) is 8.89. The molecule has 0 saturated carbocycles. The van der Waals surface area contributed by atoms with Gasteiger partial charge in [0.1, 0.15) is 0 Å². The fraction of sp³-hybridized carbons (Fsp3) is 0.667. The van der Waals surface area contributed by atoms with Crippen molar-refractivity contribution in [3.05, 3.63) is 30.1 Å². The zero-order valence-corrected chi connectivity index (χ0v) is 15.5. The molecule has 2 amide bonds. The first kappa shape index (κ1) is 17.5. The molecule has 3 heterocycles. The second kappa shape index (κ2) is 7.74. The summed E-state index contributed by atoms with van der Waals surface area (Å²) in [5.41, 5.74) is 1.10. The lowest BCUT2D eigenvalue weighted by Crippen LogP contribution is -2.53. The zero-order chi connectivity index (χ0) is 17.0. The van der Waals surface area contributed by atoms with Crippen molar-refractivity contribution in [3.8, 4) is 0 Å². The van der Waals surface area contributed by atoms with Crippen molar-refractivity contribution in [2.45, 2.75) is 37.5 Å². The predicted octanol–water partition coefficient (Wildman–Crippen LogP) is 2.76. The van der Waals surface area contributed by atoms with E-state index in [1.807, 2.05) is 35.0 Å². The summed E-state index contributed by atoms with van der Waals surface area (Å²) in [6.07, 6.45) is 4.31. The van der Waals surface area contributed by atoms with Crippen LogP contribution in [0.1, 0.15) is 38.4 Å². The molecular formula is C18H28N4OS. The fourth-order valence-electron chi connectivity index (χ4n) is 3.47. The second-order valence-corrected chi connectivity index (χ2v) is 8.70. The summed E-state index contributed by atoms with van der Waals surface area (Å²) in [6.45, 7) is 8.60. The molecule has 132 valence electrons. The molecule has 0 bridgehead atoms. The number of carbonyl (C=O) groups excluding carboxylic acids is 1. The number of aromatic nitrogens is 1. The SMILES string of the molecule is C[C@@H](c1ccccn1)N1CCN(C(=O)NC[C@]2(C)CCCS2)CC1. The van der Waals surface area contributed by atoms with Crippen molar-refractivity contribution in [3.63, 3.8) is 0 Å². The largest absolute Gasteiger partial charge is 0.337 e. The highest BCUT2D eigenvalue weighted by Gasteiger charge is 2.31. The minimum Gasteiger partial charge on any atom is -0.337 e. The standard InChI is InChI=1S/C18H28N4OS/c1-15(16-6-3-4-8-19-16)21-9-11-22(12-10-21)17(23)20-14-18(2)7-5-13-24-18/h3-4,6,8,15H,5,7,9-14H2,1-2H3,(H,20,23)/t15-,18-/m0/s1. The van der Waals surface area contributed by atoms with Crippen LogP contribution in [-0.4, -0.2) is 64.0 Å². The van der Waals surface area contributed by atoms with Gasteiger partial charge in [-0.3, -0.25) is 9.88 Å². The quantitative estimate of drug-likeness (QED) is 0.909. The molecule has 24 heavy (non-hydrogen) atoms. The van der Waals surface area contributed by atoms with Crippen LogP contribution >= 0.6 is 11.8 Å². The molecule has 0 aliphatic carbocycles. The lowest BCUT2D eigenvalue weighted by molar-refractivity contribution is 0.112. The van der Waals surface area contributed by atoms with Gasteiger partial charge in [-0.2, -0.15) is 11.8 Å². The number of rotatable bonds is 4. The number of urea groups is 1. The third kappa shape index (κ3) is 4.22. The maximum absolute atomic E-state index is 12.4. The van der Waals surface area contributed by atoms with Crippen molar-refractivity contribution in [2.75, 3.05) is 38.5 Å². The van der Waals surface area contributed by atoms with Crippen molar-refractivity contribution in [1.82, 2.24) is 20.1 Å². The molecule has 2 fully saturated rings. The van der Waals surface area contributed by atoms with Gasteiger partial charge in [0.15, 0.2) is 0 Å². The van der Waals surface area contributed by atoms with Gasteiger partial charge < -0.3 is 10.2 Å². The summed E-state index contributed by atoms with van der Waals surface area (Å²) < 4.78 is 0.227. The summed E-state index contributed by atoms with van der Waals surface area (Å²) in [7, 11) is 0. The molecule has 2 atom stereocenters. The summed E-state index contributed by atoms with van der Waals surface area (Å²) in [5.74, 6) is 1.22. The second-order valence-electron chi connectivity index (χ2n) is 7.01. The third-order valence-electron chi connectivity index (χ3n) is 5.18. The summed E-state index contributed by atoms with van der Waals surface area (Å²) >= 11 is 1.99. The Hall–Kier alpha value is -1.27. The van der Waals surface area contributed by atoms with E-state index in [0.717, 1.165) is 38.4 Å². The molecule has 0 radical (unpaired) electrons. The molecule has 1 N–H and O–H groups in total. The number of hydrogen-bond acceptors (Lipinski definition) is 4. The van der Waals surface area contributed by atoms with Crippen LogP contribution in [0.2, 0.25) is 0 Å². The molecule has 6 heteroatoms. The molecule has 2 saturated heterocycles. The number of amides is 2. The highest BCUT2D eigenvalue weighted by Crippen LogP contribution is 2.37. The van der Waals surface area contributed by atoms with Gasteiger partial charge in [-0.1, -0.05) is 6.07 Å². The van der Waals surface area contributed by atoms with Gasteiger partial charge >= 0.3 is 6.03 Å². The van der Waals surface area contributed by atoms with Crippen LogP contribution in [0.4, 0.5) is 4.79 Å². The lowest BCUT2D eigenvalue weighted by atomic mass is 10.1. The lowest BCUT2D eigenvalue weighted by Gasteiger charge is -2.38. The normalized spacial score (nSPS) is 26.3. The molecule has 1 aromatic rings. The van der Waals surface area contributed by atoms with Crippen molar-refractivity contribution in [2.24, 2.45) is 0 Å². The van der Waals surface area contributed by atoms with E-state index < -0.39 is 0 Å². The molecule has 0 unspecified atom stereocenters. The summed E-state index contributed by atoms with van der Waals surface area (Å²) in [6, 6.07) is 6.44. The number of thioether (sulfide) groups is 1. The van der Waals surface area contributed by atoms with Crippen LogP contribution in [0.15, 0.2) is 24.4 Å². The monoisotopic (exact) mass is 348 g/mol. The topological polar surface area (TPSA) is 48.5 Å². The number of piperazine rings is 1. The van der Waals surface area contributed by atoms with Crippen molar-refractivity contribution < 1.29 is 4.79 Å². The number of carbonyl (C=O) groups is 1. The van der Waals surface area contributed by atoms with Gasteiger partial charge in [0.25, 0.3) is 0 Å². The minimum absolute atomic E-state index is 0.0915. The molecule has 2 aliphatic rings. The minimum atomic E-state index is 0.0915. The van der Waals surface area contributed by atoms with Gasteiger partial charge in [0.2, 0.25) is 0 Å². The molecule has 0 aromatic carbocycles. The van der Waals surface area contributed by atoms with E-state index in [1.54, 1.807) is 0 Å². The van der Waals surface area contributed by atoms with Crippen LogP contribution in [0.3, 0.4) is 0 Å². The van der Waals surface area contributed by atoms with Gasteiger partial charge in [-0.05, 0) is 44.6 Å². The summed E-state index contributed by atoms with van der Waals surface area (Å²) in [5, 5.41) is 3.15. The molecule has 2 aliphatic heterocycles. The molecule has 3 rings (SSSR count). The van der Waals surface area contributed by atoms with Crippen molar-refractivity contribution >= 4 is 17.8 Å². The zero-order valence-electron chi connectivity index (χ0n) is 14.7. The first-order valence-corrected chi connectivity index (χ1v) is 9.88. The van der Waals surface area contributed by atoms with E-state index in [1.165, 1.54) is 18.6 Å². The van der Waals surface area contributed by atoms with E-state index in [-0.39, 0.29) is 10.8 Å². The van der Waals surface area contributed by atoms with E-state index in [4.69, 9.17) is 0 Å². The third-order valence-corrected chi connectivity index (χ3v) is 6.72. The van der Waals surface area contributed by atoms with E-state index in [2.05, 4.69) is 35.1 Å².